The molecule has 0 bridgehead atoms. The SMILES string of the molecule is Cc1cc(Cl)ccc1-c1ncc(N2CCN(C(=O)c3ccccn3)CC2)nc1-c1ccncc1Cl. The number of halogens is 2. The molecule has 3 aromatic heterocycles. The molecule has 1 fully saturated rings. The van der Waals surface area contributed by atoms with E-state index in [0.717, 1.165) is 28.2 Å². The van der Waals surface area contributed by atoms with E-state index in [-0.39, 0.29) is 5.91 Å². The number of nitrogens with zero attached hydrogens (tertiary/aromatic N) is 6. The Hall–Kier alpha value is -3.55. The Morgan fingerprint density at radius 3 is 2.43 bits per heavy atom. The molecule has 0 spiro atoms. The molecule has 0 unspecified atom stereocenters. The van der Waals surface area contributed by atoms with Crippen molar-refractivity contribution in [2.45, 2.75) is 6.92 Å². The lowest BCUT2D eigenvalue weighted by Gasteiger charge is -2.35. The molecule has 1 saturated heterocycles. The Labute approximate surface area is 213 Å². The predicted octanol–water partition coefficient (Wildman–Crippen LogP) is 5.18. The molecular weight excluding hydrogens is 483 g/mol. The van der Waals surface area contributed by atoms with Crippen LogP contribution in [0.4, 0.5) is 5.82 Å². The molecule has 1 aliphatic heterocycles. The Morgan fingerprint density at radius 2 is 1.71 bits per heavy atom. The largest absolute Gasteiger partial charge is 0.352 e. The quantitative estimate of drug-likeness (QED) is 0.381. The highest BCUT2D eigenvalue weighted by Crippen LogP contribution is 2.36. The monoisotopic (exact) mass is 504 g/mol. The lowest BCUT2D eigenvalue weighted by atomic mass is 10.0. The third-order valence-corrected chi connectivity index (χ3v) is 6.54. The summed E-state index contributed by atoms with van der Waals surface area (Å²) in [6, 6.07) is 12.9. The topological polar surface area (TPSA) is 75.1 Å². The predicted molar refractivity (Wildman–Crippen MR) is 138 cm³/mol. The van der Waals surface area contributed by atoms with E-state index in [4.69, 9.17) is 33.2 Å². The van der Waals surface area contributed by atoms with Gasteiger partial charge in [-0.05, 0) is 42.8 Å². The van der Waals surface area contributed by atoms with Crippen LogP contribution < -0.4 is 4.90 Å². The molecule has 4 heterocycles. The molecular formula is C26H22Cl2N6O. The van der Waals surface area contributed by atoms with Crippen molar-refractivity contribution < 1.29 is 4.79 Å². The van der Waals surface area contributed by atoms with Crippen molar-refractivity contribution >= 4 is 34.9 Å². The van der Waals surface area contributed by atoms with Crippen molar-refractivity contribution in [2.24, 2.45) is 0 Å². The van der Waals surface area contributed by atoms with Gasteiger partial charge >= 0.3 is 0 Å². The smallest absolute Gasteiger partial charge is 0.272 e. The van der Waals surface area contributed by atoms with Gasteiger partial charge in [-0.1, -0.05) is 35.3 Å². The van der Waals surface area contributed by atoms with Crippen LogP contribution >= 0.6 is 23.2 Å². The molecule has 0 saturated carbocycles. The van der Waals surface area contributed by atoms with Crippen LogP contribution in [0.15, 0.2) is 67.3 Å². The molecule has 1 amide bonds. The highest BCUT2D eigenvalue weighted by Gasteiger charge is 2.25. The first kappa shape index (κ1) is 23.2. The van der Waals surface area contributed by atoms with E-state index in [0.29, 0.717) is 47.6 Å². The summed E-state index contributed by atoms with van der Waals surface area (Å²) in [5, 5.41) is 1.16. The maximum absolute atomic E-state index is 12.8. The summed E-state index contributed by atoms with van der Waals surface area (Å²) in [6.07, 6.45) is 6.70. The van der Waals surface area contributed by atoms with E-state index in [1.165, 1.54) is 0 Å². The summed E-state index contributed by atoms with van der Waals surface area (Å²) in [6.45, 7) is 4.40. The van der Waals surface area contributed by atoms with Gasteiger partial charge in [-0.3, -0.25) is 19.7 Å². The molecule has 9 heteroatoms. The number of anilines is 1. The van der Waals surface area contributed by atoms with Crippen molar-refractivity contribution in [1.82, 2.24) is 24.8 Å². The van der Waals surface area contributed by atoms with Gasteiger partial charge in [0.25, 0.3) is 5.91 Å². The maximum atomic E-state index is 12.8. The van der Waals surface area contributed by atoms with E-state index in [2.05, 4.69) is 14.9 Å². The van der Waals surface area contributed by atoms with E-state index >= 15 is 0 Å². The minimum Gasteiger partial charge on any atom is -0.352 e. The number of pyridine rings is 2. The Morgan fingerprint density at radius 1 is 0.886 bits per heavy atom. The van der Waals surface area contributed by atoms with E-state index < -0.39 is 0 Å². The van der Waals surface area contributed by atoms with Crippen molar-refractivity contribution in [3.63, 3.8) is 0 Å². The van der Waals surface area contributed by atoms with Gasteiger partial charge < -0.3 is 9.80 Å². The lowest BCUT2D eigenvalue weighted by molar-refractivity contribution is 0.0740. The lowest BCUT2D eigenvalue weighted by Crippen LogP contribution is -2.49. The van der Waals surface area contributed by atoms with Gasteiger partial charge in [-0.15, -0.1) is 0 Å². The summed E-state index contributed by atoms with van der Waals surface area (Å²) >= 11 is 12.7. The van der Waals surface area contributed by atoms with Gasteiger partial charge in [0.15, 0.2) is 0 Å². The van der Waals surface area contributed by atoms with E-state index in [9.17, 15) is 4.79 Å². The Balaban J connectivity index is 1.46. The zero-order chi connectivity index (χ0) is 24.4. The summed E-state index contributed by atoms with van der Waals surface area (Å²) in [5.74, 6) is 0.669. The molecule has 0 atom stereocenters. The van der Waals surface area contributed by atoms with Crippen LogP contribution in [0.1, 0.15) is 16.1 Å². The van der Waals surface area contributed by atoms with Gasteiger partial charge in [0.05, 0.1) is 16.9 Å². The summed E-state index contributed by atoms with van der Waals surface area (Å²) in [5.41, 5.74) is 4.53. The molecule has 176 valence electrons. The maximum Gasteiger partial charge on any atom is 0.272 e. The minimum atomic E-state index is -0.0610. The van der Waals surface area contributed by atoms with Crippen molar-refractivity contribution in [1.29, 1.82) is 0 Å². The molecule has 4 aromatic rings. The number of hydrogen-bond acceptors (Lipinski definition) is 6. The molecule has 1 aliphatic rings. The first-order valence-electron chi connectivity index (χ1n) is 11.2. The Bertz CT molecular complexity index is 1370. The van der Waals surface area contributed by atoms with E-state index in [1.54, 1.807) is 36.9 Å². The summed E-state index contributed by atoms with van der Waals surface area (Å²) < 4.78 is 0. The van der Waals surface area contributed by atoms with Crippen LogP contribution in [0.25, 0.3) is 22.5 Å². The second-order valence-electron chi connectivity index (χ2n) is 8.23. The zero-order valence-electron chi connectivity index (χ0n) is 19.0. The Kier molecular flexibility index (Phi) is 6.61. The van der Waals surface area contributed by atoms with Gasteiger partial charge in [-0.2, -0.15) is 0 Å². The highest BCUT2D eigenvalue weighted by molar-refractivity contribution is 6.33. The summed E-state index contributed by atoms with van der Waals surface area (Å²) in [4.78, 5) is 34.8. The van der Waals surface area contributed by atoms with Gasteiger partial charge in [0.2, 0.25) is 0 Å². The number of piperazine rings is 1. The molecule has 0 aliphatic carbocycles. The van der Waals surface area contributed by atoms with Crippen LogP contribution in [0.2, 0.25) is 10.0 Å². The van der Waals surface area contributed by atoms with E-state index in [1.807, 2.05) is 42.2 Å². The summed E-state index contributed by atoms with van der Waals surface area (Å²) in [7, 11) is 0. The standard InChI is InChI=1S/C26H22Cl2N6O/c1-17-14-18(27)5-6-19(17)24-25(20-7-9-29-15-21(20)28)32-23(16-31-24)33-10-12-34(13-11-33)26(35)22-4-2-3-8-30-22/h2-9,14-16H,10-13H2,1H3. The van der Waals surface area contributed by atoms with Crippen LogP contribution in [-0.2, 0) is 0 Å². The van der Waals surface area contributed by atoms with Crippen molar-refractivity contribution in [2.75, 3.05) is 31.1 Å². The number of aryl methyl sites for hydroxylation is 1. The second-order valence-corrected chi connectivity index (χ2v) is 9.08. The molecule has 5 rings (SSSR count). The third-order valence-electron chi connectivity index (χ3n) is 6.01. The average Bonchev–Trinajstić information content (AvgIpc) is 2.89. The molecule has 7 nitrogen and oxygen atoms in total. The van der Waals surface area contributed by atoms with Crippen molar-refractivity contribution in [3.8, 4) is 22.5 Å². The number of benzene rings is 1. The fraction of sp³-hybridized carbons (Fsp3) is 0.192. The first-order valence-corrected chi connectivity index (χ1v) is 12.0. The number of hydrogen-bond donors (Lipinski definition) is 0. The van der Waals surface area contributed by atoms with Gasteiger partial charge in [0, 0.05) is 60.9 Å². The highest BCUT2D eigenvalue weighted by atomic mass is 35.5. The minimum absolute atomic E-state index is 0.0610. The fourth-order valence-electron chi connectivity index (χ4n) is 4.17. The number of rotatable bonds is 4. The van der Waals surface area contributed by atoms with Crippen LogP contribution in [0, 0.1) is 6.92 Å². The fourth-order valence-corrected chi connectivity index (χ4v) is 4.60. The van der Waals surface area contributed by atoms with Crippen LogP contribution in [0.3, 0.4) is 0 Å². The first-order chi connectivity index (χ1) is 17.0. The zero-order valence-corrected chi connectivity index (χ0v) is 20.5. The average molecular weight is 505 g/mol. The number of carbonyl (C=O) groups is 1. The van der Waals surface area contributed by atoms with Crippen LogP contribution in [-0.4, -0.2) is 56.9 Å². The number of amides is 1. The number of aromatic nitrogens is 4. The molecule has 35 heavy (non-hydrogen) atoms. The normalized spacial score (nSPS) is 13.7. The third kappa shape index (κ3) is 4.83. The van der Waals surface area contributed by atoms with Crippen LogP contribution in [0.5, 0.6) is 0 Å². The van der Waals surface area contributed by atoms with Gasteiger partial charge in [-0.25, -0.2) is 4.98 Å². The molecule has 1 aromatic carbocycles. The number of carbonyl (C=O) groups excluding carboxylic acids is 1. The van der Waals surface area contributed by atoms with Crippen molar-refractivity contribution in [3.05, 3.63) is 88.6 Å². The second kappa shape index (κ2) is 9.98. The molecule has 0 N–H and O–H groups in total. The molecule has 0 radical (unpaired) electrons. The van der Waals surface area contributed by atoms with Gasteiger partial charge in [0.1, 0.15) is 17.2 Å².